The van der Waals surface area contributed by atoms with Crippen LogP contribution in [0.5, 0.6) is 0 Å². The molecule has 1 nitrogen and oxygen atoms in total. The highest BCUT2D eigenvalue weighted by Gasteiger charge is 1.98. The predicted octanol–water partition coefficient (Wildman–Crippen LogP) is 4.68. The second-order valence-corrected chi connectivity index (χ2v) is 4.76. The van der Waals surface area contributed by atoms with E-state index in [9.17, 15) is 5.11 Å². The van der Waals surface area contributed by atoms with Crippen molar-refractivity contribution in [3.63, 3.8) is 0 Å². The van der Waals surface area contributed by atoms with E-state index in [0.29, 0.717) is 0 Å². The second-order valence-electron chi connectivity index (χ2n) is 4.33. The lowest BCUT2D eigenvalue weighted by molar-refractivity contribution is 0.209. The van der Waals surface area contributed by atoms with Crippen molar-refractivity contribution in [1.29, 1.82) is 0 Å². The van der Waals surface area contributed by atoms with Gasteiger partial charge in [-0.1, -0.05) is 68.5 Å². The van der Waals surface area contributed by atoms with Crippen molar-refractivity contribution in [2.24, 2.45) is 0 Å². The van der Waals surface area contributed by atoms with Crippen LogP contribution in [0.25, 0.3) is 6.08 Å². The SMILES string of the molecule is CCCCCCC(O)C=Cc1ccc(Cl)cc1. The molecule has 1 rings (SSSR count). The Kier molecular flexibility index (Phi) is 6.99. The van der Waals surface area contributed by atoms with Crippen molar-refractivity contribution >= 4 is 17.7 Å². The summed E-state index contributed by atoms with van der Waals surface area (Å²) in [4.78, 5) is 0. The maximum absolute atomic E-state index is 9.75. The summed E-state index contributed by atoms with van der Waals surface area (Å²) in [6.45, 7) is 2.19. The van der Waals surface area contributed by atoms with Crippen LogP contribution in [0.1, 0.15) is 44.6 Å². The average Bonchev–Trinajstić information content (AvgIpc) is 2.34. The number of benzene rings is 1. The summed E-state index contributed by atoms with van der Waals surface area (Å²) in [5.74, 6) is 0. The van der Waals surface area contributed by atoms with Crippen molar-refractivity contribution in [3.8, 4) is 0 Å². The van der Waals surface area contributed by atoms with E-state index >= 15 is 0 Å². The van der Waals surface area contributed by atoms with Crippen LogP contribution in [0.2, 0.25) is 5.02 Å². The molecule has 1 aromatic carbocycles. The highest BCUT2D eigenvalue weighted by atomic mass is 35.5. The zero-order valence-corrected chi connectivity index (χ0v) is 11.2. The summed E-state index contributed by atoms with van der Waals surface area (Å²) in [5, 5.41) is 10.5. The first-order chi connectivity index (χ1) is 8.22. The molecule has 0 saturated carbocycles. The average molecular weight is 253 g/mol. The van der Waals surface area contributed by atoms with Crippen LogP contribution in [0.3, 0.4) is 0 Å². The smallest absolute Gasteiger partial charge is 0.0724 e. The number of halogens is 1. The molecule has 0 heterocycles. The molecular formula is C15H21ClO. The number of aliphatic hydroxyl groups is 1. The molecule has 94 valence electrons. The minimum Gasteiger partial charge on any atom is -0.389 e. The number of rotatable bonds is 7. The van der Waals surface area contributed by atoms with Gasteiger partial charge in [0.2, 0.25) is 0 Å². The molecule has 1 unspecified atom stereocenters. The zero-order chi connectivity index (χ0) is 12.5. The Hall–Kier alpha value is -0.790. The number of aliphatic hydroxyl groups excluding tert-OH is 1. The summed E-state index contributed by atoms with van der Waals surface area (Å²) < 4.78 is 0. The van der Waals surface area contributed by atoms with Gasteiger partial charge in [0.1, 0.15) is 0 Å². The summed E-state index contributed by atoms with van der Waals surface area (Å²) in [5.41, 5.74) is 1.07. The Morgan fingerprint density at radius 3 is 2.53 bits per heavy atom. The lowest BCUT2D eigenvalue weighted by atomic mass is 10.1. The highest BCUT2D eigenvalue weighted by molar-refractivity contribution is 6.30. The van der Waals surface area contributed by atoms with Crippen LogP contribution in [-0.4, -0.2) is 11.2 Å². The molecule has 0 fully saturated rings. The molecule has 2 heteroatoms. The van der Waals surface area contributed by atoms with Crippen molar-refractivity contribution in [3.05, 3.63) is 40.9 Å². The highest BCUT2D eigenvalue weighted by Crippen LogP contribution is 2.12. The molecule has 1 aromatic rings. The summed E-state index contributed by atoms with van der Waals surface area (Å²) >= 11 is 5.80. The second kappa shape index (κ2) is 8.32. The molecular weight excluding hydrogens is 232 g/mol. The molecule has 1 atom stereocenters. The van der Waals surface area contributed by atoms with Crippen LogP contribution in [0.4, 0.5) is 0 Å². The van der Waals surface area contributed by atoms with Crippen LogP contribution >= 0.6 is 11.6 Å². The van der Waals surface area contributed by atoms with Crippen LogP contribution < -0.4 is 0 Å². The first kappa shape index (κ1) is 14.3. The number of hydrogen-bond acceptors (Lipinski definition) is 1. The molecule has 0 spiro atoms. The quantitative estimate of drug-likeness (QED) is 0.699. The van der Waals surface area contributed by atoms with E-state index in [-0.39, 0.29) is 6.10 Å². The summed E-state index contributed by atoms with van der Waals surface area (Å²) in [6, 6.07) is 7.61. The molecule has 1 N–H and O–H groups in total. The largest absolute Gasteiger partial charge is 0.389 e. The standard InChI is InChI=1S/C15H21ClO/c1-2-3-4-5-6-15(17)12-9-13-7-10-14(16)11-8-13/h7-12,15,17H,2-6H2,1H3. The van der Waals surface area contributed by atoms with Crippen molar-refractivity contribution in [1.82, 2.24) is 0 Å². The Bertz CT molecular complexity index is 329. The minimum atomic E-state index is -0.331. The van der Waals surface area contributed by atoms with Crippen molar-refractivity contribution in [2.75, 3.05) is 0 Å². The van der Waals surface area contributed by atoms with Gasteiger partial charge in [0.05, 0.1) is 6.10 Å². The first-order valence-corrected chi connectivity index (χ1v) is 6.72. The third-order valence-corrected chi connectivity index (χ3v) is 2.99. The van der Waals surface area contributed by atoms with Gasteiger partial charge in [-0.3, -0.25) is 0 Å². The Labute approximate surface area is 109 Å². The van der Waals surface area contributed by atoms with E-state index in [1.54, 1.807) is 0 Å². The fourth-order valence-electron chi connectivity index (χ4n) is 1.67. The zero-order valence-electron chi connectivity index (χ0n) is 10.4. The van der Waals surface area contributed by atoms with Gasteiger partial charge in [-0.05, 0) is 24.1 Å². The van der Waals surface area contributed by atoms with E-state index in [4.69, 9.17) is 11.6 Å². The molecule has 0 aromatic heterocycles. The maximum Gasteiger partial charge on any atom is 0.0724 e. The number of unbranched alkanes of at least 4 members (excludes halogenated alkanes) is 3. The van der Waals surface area contributed by atoms with Gasteiger partial charge in [0.25, 0.3) is 0 Å². The van der Waals surface area contributed by atoms with E-state index in [2.05, 4.69) is 6.92 Å². The minimum absolute atomic E-state index is 0.331. The Balaban J connectivity index is 2.29. The molecule has 0 radical (unpaired) electrons. The fourth-order valence-corrected chi connectivity index (χ4v) is 1.80. The lowest BCUT2D eigenvalue weighted by Gasteiger charge is -2.04. The van der Waals surface area contributed by atoms with E-state index < -0.39 is 0 Å². The number of hydrogen-bond donors (Lipinski definition) is 1. The molecule has 0 amide bonds. The first-order valence-electron chi connectivity index (χ1n) is 6.34. The van der Waals surface area contributed by atoms with Crippen molar-refractivity contribution < 1.29 is 5.11 Å². The molecule has 0 bridgehead atoms. The van der Waals surface area contributed by atoms with Gasteiger partial charge in [-0.15, -0.1) is 0 Å². The van der Waals surface area contributed by atoms with Crippen molar-refractivity contribution in [2.45, 2.75) is 45.1 Å². The monoisotopic (exact) mass is 252 g/mol. The topological polar surface area (TPSA) is 20.2 Å². The van der Waals surface area contributed by atoms with Crippen LogP contribution in [0, 0.1) is 0 Å². The predicted molar refractivity (Wildman–Crippen MR) is 75.3 cm³/mol. The van der Waals surface area contributed by atoms with Gasteiger partial charge >= 0.3 is 0 Å². The lowest BCUT2D eigenvalue weighted by Crippen LogP contribution is -2.01. The van der Waals surface area contributed by atoms with Crippen LogP contribution in [-0.2, 0) is 0 Å². The fraction of sp³-hybridized carbons (Fsp3) is 0.467. The molecule has 0 saturated heterocycles. The summed E-state index contributed by atoms with van der Waals surface area (Å²) in [7, 11) is 0. The third-order valence-electron chi connectivity index (χ3n) is 2.73. The maximum atomic E-state index is 9.75. The van der Waals surface area contributed by atoms with Gasteiger partial charge < -0.3 is 5.11 Å². The Morgan fingerprint density at radius 2 is 1.88 bits per heavy atom. The third kappa shape index (κ3) is 6.50. The normalized spacial score (nSPS) is 13.1. The Morgan fingerprint density at radius 1 is 1.18 bits per heavy atom. The van der Waals surface area contributed by atoms with Gasteiger partial charge in [0.15, 0.2) is 0 Å². The van der Waals surface area contributed by atoms with Crippen LogP contribution in [0.15, 0.2) is 30.3 Å². The van der Waals surface area contributed by atoms with Gasteiger partial charge in [0, 0.05) is 5.02 Å². The van der Waals surface area contributed by atoms with E-state index in [1.807, 2.05) is 36.4 Å². The molecule has 0 aliphatic carbocycles. The summed E-state index contributed by atoms with van der Waals surface area (Å²) in [6.07, 6.45) is 9.12. The molecule has 0 aliphatic rings. The molecule has 17 heavy (non-hydrogen) atoms. The van der Waals surface area contributed by atoms with E-state index in [0.717, 1.165) is 23.4 Å². The van der Waals surface area contributed by atoms with Gasteiger partial charge in [-0.2, -0.15) is 0 Å². The van der Waals surface area contributed by atoms with E-state index in [1.165, 1.54) is 19.3 Å². The molecule has 0 aliphatic heterocycles. The van der Waals surface area contributed by atoms with Gasteiger partial charge in [-0.25, -0.2) is 0 Å².